The van der Waals surface area contributed by atoms with Crippen molar-refractivity contribution in [3.05, 3.63) is 58.6 Å². The van der Waals surface area contributed by atoms with Crippen LogP contribution in [0, 0.1) is 0 Å². The van der Waals surface area contributed by atoms with Crippen molar-refractivity contribution < 1.29 is 9.84 Å². The van der Waals surface area contributed by atoms with Crippen molar-refractivity contribution in [1.29, 1.82) is 0 Å². The molecule has 0 radical (unpaired) electrons. The van der Waals surface area contributed by atoms with Crippen LogP contribution in [0.3, 0.4) is 0 Å². The number of aliphatic hydroxyl groups is 1. The lowest BCUT2D eigenvalue weighted by atomic mass is 10.1. The van der Waals surface area contributed by atoms with Gasteiger partial charge in [0.05, 0.1) is 6.10 Å². The first kappa shape index (κ1) is 14.9. The standard InChI is InChI=1S/C17H19ClO2/c1-3-12-11-13(9-10-15(12)18)20-17-8-6-5-7-14(17)16(19)4-2/h5-11,16,19H,3-4H2,1-2H3/t16-/m1/s1. The second-order valence-corrected chi connectivity index (χ2v) is 5.08. The molecule has 0 aromatic heterocycles. The molecule has 1 atom stereocenters. The van der Waals surface area contributed by atoms with Gasteiger partial charge in [-0.1, -0.05) is 43.6 Å². The second-order valence-electron chi connectivity index (χ2n) is 4.67. The van der Waals surface area contributed by atoms with Gasteiger partial charge in [-0.15, -0.1) is 0 Å². The summed E-state index contributed by atoms with van der Waals surface area (Å²) in [6, 6.07) is 13.2. The van der Waals surface area contributed by atoms with Crippen molar-refractivity contribution in [1.82, 2.24) is 0 Å². The Labute approximate surface area is 125 Å². The van der Waals surface area contributed by atoms with Crippen LogP contribution in [0.4, 0.5) is 0 Å². The molecule has 2 aromatic rings. The zero-order valence-corrected chi connectivity index (χ0v) is 12.5. The highest BCUT2D eigenvalue weighted by Gasteiger charge is 2.12. The SMILES string of the molecule is CCc1cc(Oc2ccccc2[C@H](O)CC)ccc1Cl. The summed E-state index contributed by atoms with van der Waals surface area (Å²) in [6.07, 6.45) is 1.00. The lowest BCUT2D eigenvalue weighted by Gasteiger charge is -2.15. The Kier molecular flexibility index (Phi) is 5.05. The minimum absolute atomic E-state index is 0.510. The molecule has 0 saturated heterocycles. The van der Waals surface area contributed by atoms with Crippen LogP contribution in [0.25, 0.3) is 0 Å². The molecule has 0 saturated carbocycles. The van der Waals surface area contributed by atoms with Gasteiger partial charge in [0.25, 0.3) is 0 Å². The van der Waals surface area contributed by atoms with Gasteiger partial charge in [-0.2, -0.15) is 0 Å². The Balaban J connectivity index is 2.30. The Morgan fingerprint density at radius 3 is 2.60 bits per heavy atom. The van der Waals surface area contributed by atoms with Gasteiger partial charge in [-0.3, -0.25) is 0 Å². The summed E-state index contributed by atoms with van der Waals surface area (Å²) in [5.74, 6) is 1.42. The highest BCUT2D eigenvalue weighted by Crippen LogP contribution is 2.32. The summed E-state index contributed by atoms with van der Waals surface area (Å²) in [4.78, 5) is 0. The third-order valence-electron chi connectivity index (χ3n) is 3.29. The van der Waals surface area contributed by atoms with E-state index in [-0.39, 0.29) is 0 Å². The minimum atomic E-state index is -0.510. The van der Waals surface area contributed by atoms with Crippen molar-refractivity contribution in [2.75, 3.05) is 0 Å². The monoisotopic (exact) mass is 290 g/mol. The van der Waals surface area contributed by atoms with E-state index >= 15 is 0 Å². The van der Waals surface area contributed by atoms with Gasteiger partial charge in [0.15, 0.2) is 0 Å². The zero-order chi connectivity index (χ0) is 14.5. The number of halogens is 1. The molecule has 0 spiro atoms. The predicted octanol–water partition coefficient (Wildman–Crippen LogP) is 5.14. The predicted molar refractivity (Wildman–Crippen MR) is 82.6 cm³/mol. The Bertz CT molecular complexity index is 581. The highest BCUT2D eigenvalue weighted by atomic mass is 35.5. The maximum Gasteiger partial charge on any atom is 0.133 e. The topological polar surface area (TPSA) is 29.5 Å². The molecular weight excluding hydrogens is 272 g/mol. The number of hydrogen-bond acceptors (Lipinski definition) is 2. The summed E-state index contributed by atoms with van der Waals surface area (Å²) in [7, 11) is 0. The fourth-order valence-corrected chi connectivity index (χ4v) is 2.33. The fourth-order valence-electron chi connectivity index (χ4n) is 2.08. The average molecular weight is 291 g/mol. The van der Waals surface area contributed by atoms with Crippen LogP contribution in [0.1, 0.15) is 37.5 Å². The van der Waals surface area contributed by atoms with Crippen LogP contribution in [0.2, 0.25) is 5.02 Å². The van der Waals surface area contributed by atoms with Crippen LogP contribution < -0.4 is 4.74 Å². The van der Waals surface area contributed by atoms with Crippen LogP contribution in [-0.4, -0.2) is 5.11 Å². The molecule has 3 heteroatoms. The number of para-hydroxylation sites is 1. The van der Waals surface area contributed by atoms with E-state index in [9.17, 15) is 5.11 Å². The quantitative estimate of drug-likeness (QED) is 0.826. The molecule has 2 nitrogen and oxygen atoms in total. The first-order valence-corrected chi connectivity index (χ1v) is 7.26. The summed E-state index contributed by atoms with van der Waals surface area (Å²) in [5, 5.41) is 10.8. The van der Waals surface area contributed by atoms with Crippen LogP contribution in [0.5, 0.6) is 11.5 Å². The maximum atomic E-state index is 10.0. The number of aryl methyl sites for hydroxylation is 1. The van der Waals surface area contributed by atoms with E-state index in [0.29, 0.717) is 12.2 Å². The van der Waals surface area contributed by atoms with E-state index < -0.39 is 6.10 Å². The Morgan fingerprint density at radius 1 is 1.15 bits per heavy atom. The molecule has 1 N–H and O–H groups in total. The molecule has 0 unspecified atom stereocenters. The lowest BCUT2D eigenvalue weighted by molar-refractivity contribution is 0.170. The van der Waals surface area contributed by atoms with Crippen molar-refractivity contribution in [3.63, 3.8) is 0 Å². The summed E-state index contributed by atoms with van der Waals surface area (Å²) >= 11 is 6.11. The number of rotatable bonds is 5. The number of benzene rings is 2. The molecule has 106 valence electrons. The highest BCUT2D eigenvalue weighted by molar-refractivity contribution is 6.31. The van der Waals surface area contributed by atoms with Gasteiger partial charge in [0.1, 0.15) is 11.5 Å². The van der Waals surface area contributed by atoms with Gasteiger partial charge in [0, 0.05) is 10.6 Å². The van der Waals surface area contributed by atoms with E-state index in [0.717, 1.165) is 28.3 Å². The number of ether oxygens (including phenoxy) is 1. The fraction of sp³-hybridized carbons (Fsp3) is 0.294. The molecule has 0 aliphatic heterocycles. The van der Waals surface area contributed by atoms with Crippen molar-refractivity contribution in [2.24, 2.45) is 0 Å². The van der Waals surface area contributed by atoms with Gasteiger partial charge >= 0.3 is 0 Å². The molecule has 0 bridgehead atoms. The first-order chi connectivity index (χ1) is 9.65. The lowest BCUT2D eigenvalue weighted by Crippen LogP contribution is -1.98. The summed E-state index contributed by atoms with van der Waals surface area (Å²) in [5.41, 5.74) is 1.86. The summed E-state index contributed by atoms with van der Waals surface area (Å²) < 4.78 is 5.91. The Morgan fingerprint density at radius 2 is 1.90 bits per heavy atom. The third-order valence-corrected chi connectivity index (χ3v) is 3.66. The van der Waals surface area contributed by atoms with E-state index in [1.807, 2.05) is 49.4 Å². The molecule has 0 heterocycles. The first-order valence-electron chi connectivity index (χ1n) is 6.89. The molecule has 20 heavy (non-hydrogen) atoms. The van der Waals surface area contributed by atoms with Crippen molar-refractivity contribution in [3.8, 4) is 11.5 Å². The van der Waals surface area contributed by atoms with E-state index in [4.69, 9.17) is 16.3 Å². The van der Waals surface area contributed by atoms with Crippen molar-refractivity contribution in [2.45, 2.75) is 32.8 Å². The van der Waals surface area contributed by atoms with Gasteiger partial charge in [-0.05, 0) is 42.7 Å². The summed E-state index contributed by atoms with van der Waals surface area (Å²) in [6.45, 7) is 4.00. The third kappa shape index (κ3) is 3.33. The number of hydrogen-bond donors (Lipinski definition) is 1. The maximum absolute atomic E-state index is 10.0. The molecule has 0 fully saturated rings. The number of aliphatic hydroxyl groups excluding tert-OH is 1. The molecule has 0 amide bonds. The van der Waals surface area contributed by atoms with Crippen LogP contribution in [-0.2, 0) is 6.42 Å². The van der Waals surface area contributed by atoms with E-state index in [2.05, 4.69) is 6.92 Å². The largest absolute Gasteiger partial charge is 0.457 e. The van der Waals surface area contributed by atoms with Gasteiger partial charge in [-0.25, -0.2) is 0 Å². The van der Waals surface area contributed by atoms with Crippen LogP contribution >= 0.6 is 11.6 Å². The molecule has 2 aromatic carbocycles. The smallest absolute Gasteiger partial charge is 0.133 e. The van der Waals surface area contributed by atoms with E-state index in [1.54, 1.807) is 0 Å². The molecule has 2 rings (SSSR count). The average Bonchev–Trinajstić information content (AvgIpc) is 2.49. The zero-order valence-electron chi connectivity index (χ0n) is 11.8. The molecular formula is C17H19ClO2. The Hall–Kier alpha value is -1.51. The van der Waals surface area contributed by atoms with Crippen LogP contribution in [0.15, 0.2) is 42.5 Å². The van der Waals surface area contributed by atoms with Gasteiger partial charge < -0.3 is 9.84 Å². The van der Waals surface area contributed by atoms with Gasteiger partial charge in [0.2, 0.25) is 0 Å². The molecule has 0 aliphatic rings. The molecule has 0 aliphatic carbocycles. The van der Waals surface area contributed by atoms with Crippen molar-refractivity contribution >= 4 is 11.6 Å². The van der Waals surface area contributed by atoms with E-state index in [1.165, 1.54) is 0 Å². The normalized spacial score (nSPS) is 12.2. The second kappa shape index (κ2) is 6.78. The minimum Gasteiger partial charge on any atom is -0.457 e.